The Morgan fingerprint density at radius 1 is 1.44 bits per heavy atom. The second kappa shape index (κ2) is 6.10. The first kappa shape index (κ1) is 15.6. The van der Waals surface area contributed by atoms with E-state index in [0.717, 1.165) is 17.8 Å². The smallest absolute Gasteiger partial charge is 0.250 e. The van der Waals surface area contributed by atoms with E-state index in [4.69, 9.17) is 18.0 Å². The highest BCUT2D eigenvalue weighted by molar-refractivity contribution is 7.91. The number of sulfonamides is 1. The first-order valence-electron chi connectivity index (χ1n) is 5.64. The molecule has 1 rings (SSSR count). The van der Waals surface area contributed by atoms with Crippen LogP contribution in [0.5, 0.6) is 0 Å². The van der Waals surface area contributed by atoms with E-state index in [-0.39, 0.29) is 15.2 Å². The van der Waals surface area contributed by atoms with Crippen molar-refractivity contribution in [1.82, 2.24) is 4.72 Å². The first-order valence-corrected chi connectivity index (χ1v) is 8.35. The molecule has 7 heteroatoms. The molecule has 1 unspecified atom stereocenters. The standard InChI is InChI=1S/C11H18N2O2S3/c1-7(2)6-8(3)13-18(14,15)10-5-4-9(17-10)11(12)16/h4-5,7-8,13H,6H2,1-3H3,(H2,12,16). The number of nitrogens with one attached hydrogen (secondary N) is 1. The molecule has 0 aromatic carbocycles. The fourth-order valence-electron chi connectivity index (χ4n) is 1.68. The van der Waals surface area contributed by atoms with Crippen LogP contribution in [0.15, 0.2) is 16.3 Å². The summed E-state index contributed by atoms with van der Waals surface area (Å²) in [6.07, 6.45) is 0.798. The third-order valence-corrected chi connectivity index (χ3v) is 5.82. The Labute approximate surface area is 118 Å². The normalized spacial score (nSPS) is 13.8. The summed E-state index contributed by atoms with van der Waals surface area (Å²) < 4.78 is 27.1. The van der Waals surface area contributed by atoms with E-state index >= 15 is 0 Å². The molecule has 102 valence electrons. The van der Waals surface area contributed by atoms with Crippen LogP contribution in [-0.2, 0) is 10.0 Å². The summed E-state index contributed by atoms with van der Waals surface area (Å²) in [5, 5.41) is 0. The van der Waals surface area contributed by atoms with Gasteiger partial charge in [-0.2, -0.15) is 0 Å². The lowest BCUT2D eigenvalue weighted by Gasteiger charge is -2.15. The molecule has 1 atom stereocenters. The van der Waals surface area contributed by atoms with Crippen LogP contribution in [0.4, 0.5) is 0 Å². The van der Waals surface area contributed by atoms with Crippen molar-refractivity contribution in [3.8, 4) is 0 Å². The monoisotopic (exact) mass is 306 g/mol. The Morgan fingerprint density at radius 3 is 2.50 bits per heavy atom. The Hall–Kier alpha value is -0.500. The van der Waals surface area contributed by atoms with Gasteiger partial charge in [-0.05, 0) is 31.4 Å². The van der Waals surface area contributed by atoms with Crippen molar-refractivity contribution >= 4 is 38.6 Å². The van der Waals surface area contributed by atoms with Gasteiger partial charge in [-0.3, -0.25) is 0 Å². The van der Waals surface area contributed by atoms with Gasteiger partial charge in [0.2, 0.25) is 10.0 Å². The van der Waals surface area contributed by atoms with Crippen molar-refractivity contribution in [2.24, 2.45) is 11.7 Å². The van der Waals surface area contributed by atoms with Crippen LogP contribution in [0.25, 0.3) is 0 Å². The number of thiocarbonyl (C=S) groups is 1. The topological polar surface area (TPSA) is 72.2 Å². The molecule has 0 radical (unpaired) electrons. The molecule has 1 aromatic heterocycles. The third-order valence-electron chi connectivity index (χ3n) is 2.27. The summed E-state index contributed by atoms with van der Waals surface area (Å²) in [5.41, 5.74) is 5.46. The predicted molar refractivity (Wildman–Crippen MR) is 79.4 cm³/mol. The number of hydrogen-bond donors (Lipinski definition) is 2. The summed E-state index contributed by atoms with van der Waals surface area (Å²) in [6, 6.07) is 3.07. The highest BCUT2D eigenvalue weighted by Gasteiger charge is 2.20. The SMILES string of the molecule is CC(C)CC(C)NS(=O)(=O)c1ccc(C(N)=S)s1. The van der Waals surface area contributed by atoms with E-state index in [1.807, 2.05) is 6.92 Å². The highest BCUT2D eigenvalue weighted by atomic mass is 32.2. The number of hydrogen-bond acceptors (Lipinski definition) is 4. The van der Waals surface area contributed by atoms with Gasteiger partial charge in [0, 0.05) is 6.04 Å². The lowest BCUT2D eigenvalue weighted by atomic mass is 10.1. The Kier molecular flexibility index (Phi) is 5.27. The maximum Gasteiger partial charge on any atom is 0.250 e. The van der Waals surface area contributed by atoms with Gasteiger partial charge in [-0.25, -0.2) is 13.1 Å². The van der Waals surface area contributed by atoms with Crippen LogP contribution < -0.4 is 10.5 Å². The minimum atomic E-state index is -3.46. The highest BCUT2D eigenvalue weighted by Crippen LogP contribution is 2.22. The van der Waals surface area contributed by atoms with E-state index < -0.39 is 10.0 Å². The number of nitrogens with two attached hydrogens (primary N) is 1. The molecule has 0 aliphatic heterocycles. The second-order valence-corrected chi connectivity index (χ2v) is 8.10. The van der Waals surface area contributed by atoms with Gasteiger partial charge >= 0.3 is 0 Å². The van der Waals surface area contributed by atoms with Crippen LogP contribution in [0.1, 0.15) is 32.1 Å². The average molecular weight is 306 g/mol. The van der Waals surface area contributed by atoms with E-state index in [1.54, 1.807) is 6.07 Å². The van der Waals surface area contributed by atoms with Crippen LogP contribution in [0.3, 0.4) is 0 Å². The summed E-state index contributed by atoms with van der Waals surface area (Å²) in [7, 11) is -3.46. The zero-order chi connectivity index (χ0) is 13.9. The molecular formula is C11H18N2O2S3. The number of thiophene rings is 1. The zero-order valence-corrected chi connectivity index (χ0v) is 13.1. The van der Waals surface area contributed by atoms with Crippen LogP contribution in [0.2, 0.25) is 0 Å². The molecule has 1 aromatic rings. The lowest BCUT2D eigenvalue weighted by Crippen LogP contribution is -2.33. The van der Waals surface area contributed by atoms with Crippen molar-refractivity contribution in [3.05, 3.63) is 17.0 Å². The van der Waals surface area contributed by atoms with Gasteiger partial charge < -0.3 is 5.73 Å². The molecule has 3 N–H and O–H groups in total. The molecule has 0 spiro atoms. The molecule has 0 fully saturated rings. The largest absolute Gasteiger partial charge is 0.389 e. The molecule has 18 heavy (non-hydrogen) atoms. The minimum absolute atomic E-state index is 0.0922. The van der Waals surface area contributed by atoms with Crippen LogP contribution >= 0.6 is 23.6 Å². The van der Waals surface area contributed by atoms with Crippen molar-refractivity contribution in [3.63, 3.8) is 0 Å². The maximum absolute atomic E-state index is 12.1. The Morgan fingerprint density at radius 2 is 2.06 bits per heavy atom. The fraction of sp³-hybridized carbons (Fsp3) is 0.545. The summed E-state index contributed by atoms with van der Waals surface area (Å²) >= 11 is 5.91. The summed E-state index contributed by atoms with van der Waals surface area (Å²) in [4.78, 5) is 0.832. The van der Waals surface area contributed by atoms with Crippen LogP contribution in [0, 0.1) is 5.92 Å². The molecule has 1 heterocycles. The van der Waals surface area contributed by atoms with Gasteiger partial charge in [0.1, 0.15) is 9.20 Å². The Balaban J connectivity index is 2.82. The molecular weight excluding hydrogens is 288 g/mol. The van der Waals surface area contributed by atoms with Gasteiger partial charge in [0.05, 0.1) is 4.88 Å². The first-order chi connectivity index (χ1) is 8.22. The molecule has 0 aliphatic carbocycles. The third kappa shape index (κ3) is 4.31. The van der Waals surface area contributed by atoms with Crippen molar-refractivity contribution < 1.29 is 8.42 Å². The molecule has 0 saturated carbocycles. The molecule has 0 bridgehead atoms. The van der Waals surface area contributed by atoms with Crippen molar-refractivity contribution in [2.45, 2.75) is 37.4 Å². The van der Waals surface area contributed by atoms with E-state index in [2.05, 4.69) is 18.6 Å². The lowest BCUT2D eigenvalue weighted by molar-refractivity contribution is 0.483. The summed E-state index contributed by atoms with van der Waals surface area (Å²) in [5.74, 6) is 0.443. The quantitative estimate of drug-likeness (QED) is 0.790. The maximum atomic E-state index is 12.1. The van der Waals surface area contributed by atoms with Crippen molar-refractivity contribution in [2.75, 3.05) is 0 Å². The summed E-state index contributed by atoms with van der Waals surface area (Å²) in [6.45, 7) is 5.97. The van der Waals surface area contributed by atoms with Gasteiger partial charge in [-0.1, -0.05) is 26.1 Å². The van der Waals surface area contributed by atoms with Crippen molar-refractivity contribution in [1.29, 1.82) is 0 Å². The molecule has 4 nitrogen and oxygen atoms in total. The van der Waals surface area contributed by atoms with Gasteiger partial charge in [0.25, 0.3) is 0 Å². The minimum Gasteiger partial charge on any atom is -0.389 e. The number of rotatable bonds is 6. The second-order valence-electron chi connectivity index (χ2n) is 4.63. The van der Waals surface area contributed by atoms with Gasteiger partial charge in [-0.15, -0.1) is 11.3 Å². The average Bonchev–Trinajstić information content (AvgIpc) is 2.63. The molecule has 0 amide bonds. The van der Waals surface area contributed by atoms with E-state index in [1.165, 1.54) is 6.07 Å². The van der Waals surface area contributed by atoms with E-state index in [0.29, 0.717) is 10.8 Å². The van der Waals surface area contributed by atoms with Gasteiger partial charge in [0.15, 0.2) is 0 Å². The predicted octanol–water partition coefficient (Wildman–Crippen LogP) is 2.10. The fourth-order valence-corrected chi connectivity index (χ4v) is 4.30. The molecule has 0 saturated heterocycles. The van der Waals surface area contributed by atoms with E-state index in [9.17, 15) is 8.42 Å². The molecule has 0 aliphatic rings. The zero-order valence-electron chi connectivity index (χ0n) is 10.6. The van der Waals surface area contributed by atoms with Crippen LogP contribution in [-0.4, -0.2) is 19.4 Å². The Bertz CT molecular complexity index is 520.